The van der Waals surface area contributed by atoms with Gasteiger partial charge in [0, 0.05) is 37.6 Å². The Labute approximate surface area is 271 Å². The SMILES string of the molecule is c1ccc2c(-c3ccc(N4CCCCC4)cc3)c3c4ccccc4c4ccccc4c3c(-c3ccc(N4CCCCC4)cc3)c2c1. The Hall–Kier alpha value is -4.82. The van der Waals surface area contributed by atoms with Gasteiger partial charge in [-0.15, -0.1) is 0 Å². The first kappa shape index (κ1) is 27.5. The van der Waals surface area contributed by atoms with Gasteiger partial charge in [-0.25, -0.2) is 0 Å². The number of hydrogen-bond donors (Lipinski definition) is 0. The van der Waals surface area contributed by atoms with Crippen LogP contribution in [0.3, 0.4) is 0 Å². The first-order valence-electron chi connectivity index (χ1n) is 17.3. The summed E-state index contributed by atoms with van der Waals surface area (Å²) in [5.74, 6) is 0. The molecule has 0 amide bonds. The molecule has 226 valence electrons. The molecule has 7 aromatic carbocycles. The van der Waals surface area contributed by atoms with Gasteiger partial charge >= 0.3 is 0 Å². The normalized spacial score (nSPS) is 15.7. The summed E-state index contributed by atoms with van der Waals surface area (Å²) in [5, 5.41) is 10.6. The molecule has 9 rings (SSSR count). The highest BCUT2D eigenvalue weighted by molar-refractivity contribution is 6.36. The maximum absolute atomic E-state index is 2.56. The number of hydrogen-bond acceptors (Lipinski definition) is 2. The zero-order chi connectivity index (χ0) is 30.5. The molecule has 0 radical (unpaired) electrons. The molecule has 0 bridgehead atoms. The van der Waals surface area contributed by atoms with Crippen molar-refractivity contribution >= 4 is 54.5 Å². The standard InChI is InChI=1S/C44H40N2/c1-9-27-45(28-10-1)33-23-19-31(20-24-33)41-39-17-7-8-18-40(39)42(32-21-25-34(26-22-32)46-29-11-2-12-30-46)44-38-16-6-4-14-36(38)35-13-3-5-15-37(35)43(41)44/h3-8,13-26H,1-2,9-12,27-30H2. The monoisotopic (exact) mass is 596 g/mol. The molecule has 0 aliphatic carbocycles. The van der Waals surface area contributed by atoms with E-state index in [1.165, 1.54) is 115 Å². The number of benzene rings is 7. The molecule has 2 fully saturated rings. The van der Waals surface area contributed by atoms with Crippen molar-refractivity contribution in [3.8, 4) is 22.3 Å². The molecular weight excluding hydrogens is 556 g/mol. The molecule has 0 N–H and O–H groups in total. The Kier molecular flexibility index (Phi) is 6.88. The lowest BCUT2D eigenvalue weighted by atomic mass is 9.81. The smallest absolute Gasteiger partial charge is 0.0366 e. The minimum atomic E-state index is 1.16. The van der Waals surface area contributed by atoms with Crippen LogP contribution in [-0.4, -0.2) is 26.2 Å². The van der Waals surface area contributed by atoms with Crippen molar-refractivity contribution in [1.29, 1.82) is 0 Å². The van der Waals surface area contributed by atoms with Gasteiger partial charge in [0.2, 0.25) is 0 Å². The van der Waals surface area contributed by atoms with Crippen LogP contribution >= 0.6 is 0 Å². The van der Waals surface area contributed by atoms with E-state index in [-0.39, 0.29) is 0 Å². The van der Waals surface area contributed by atoms with Gasteiger partial charge in [0.05, 0.1) is 0 Å². The van der Waals surface area contributed by atoms with Gasteiger partial charge in [0.25, 0.3) is 0 Å². The zero-order valence-corrected chi connectivity index (χ0v) is 26.5. The molecule has 0 saturated carbocycles. The van der Waals surface area contributed by atoms with Crippen LogP contribution in [0.1, 0.15) is 38.5 Å². The van der Waals surface area contributed by atoms with E-state index in [4.69, 9.17) is 0 Å². The molecule has 0 spiro atoms. The lowest BCUT2D eigenvalue weighted by Crippen LogP contribution is -2.29. The van der Waals surface area contributed by atoms with E-state index < -0.39 is 0 Å². The molecule has 7 aromatic rings. The average molecular weight is 597 g/mol. The second-order valence-electron chi connectivity index (χ2n) is 13.3. The summed E-state index contributed by atoms with van der Waals surface area (Å²) in [6.07, 6.45) is 7.85. The maximum atomic E-state index is 2.56. The van der Waals surface area contributed by atoms with Gasteiger partial charge in [-0.2, -0.15) is 0 Å². The van der Waals surface area contributed by atoms with Crippen molar-refractivity contribution in [3.63, 3.8) is 0 Å². The van der Waals surface area contributed by atoms with Crippen LogP contribution in [-0.2, 0) is 0 Å². The van der Waals surface area contributed by atoms with Crippen molar-refractivity contribution in [2.75, 3.05) is 36.0 Å². The molecule has 2 nitrogen and oxygen atoms in total. The molecule has 2 aliphatic rings. The largest absolute Gasteiger partial charge is 0.372 e. The molecule has 2 heterocycles. The van der Waals surface area contributed by atoms with Crippen LogP contribution in [0.5, 0.6) is 0 Å². The topological polar surface area (TPSA) is 6.48 Å². The summed E-state index contributed by atoms with van der Waals surface area (Å²) < 4.78 is 0. The Morgan fingerprint density at radius 1 is 0.304 bits per heavy atom. The summed E-state index contributed by atoms with van der Waals surface area (Å²) in [5.41, 5.74) is 7.94. The minimum Gasteiger partial charge on any atom is -0.372 e. The molecule has 2 aliphatic heterocycles. The van der Waals surface area contributed by atoms with E-state index in [1.807, 2.05) is 0 Å². The van der Waals surface area contributed by atoms with Crippen molar-refractivity contribution in [1.82, 2.24) is 0 Å². The minimum absolute atomic E-state index is 1.16. The summed E-state index contributed by atoms with van der Waals surface area (Å²) in [6.45, 7) is 4.64. The first-order valence-corrected chi connectivity index (χ1v) is 17.3. The van der Waals surface area contributed by atoms with E-state index in [9.17, 15) is 0 Å². The third kappa shape index (κ3) is 4.54. The Balaban J connectivity index is 1.36. The van der Waals surface area contributed by atoms with E-state index in [0.717, 1.165) is 26.2 Å². The van der Waals surface area contributed by atoms with E-state index in [2.05, 4.69) is 131 Å². The lowest BCUT2D eigenvalue weighted by molar-refractivity contribution is 0.578. The van der Waals surface area contributed by atoms with Crippen molar-refractivity contribution in [2.45, 2.75) is 38.5 Å². The number of fused-ring (bicyclic) bond motifs is 7. The van der Waals surface area contributed by atoms with Crippen molar-refractivity contribution in [3.05, 3.63) is 121 Å². The molecule has 2 heteroatoms. The second kappa shape index (κ2) is 11.5. The van der Waals surface area contributed by atoms with Gasteiger partial charge in [0.1, 0.15) is 0 Å². The van der Waals surface area contributed by atoms with Crippen LogP contribution < -0.4 is 9.80 Å². The van der Waals surface area contributed by atoms with E-state index in [1.54, 1.807) is 0 Å². The van der Waals surface area contributed by atoms with Crippen molar-refractivity contribution < 1.29 is 0 Å². The number of piperidine rings is 2. The van der Waals surface area contributed by atoms with Crippen molar-refractivity contribution in [2.24, 2.45) is 0 Å². The van der Waals surface area contributed by atoms with Gasteiger partial charge in [0.15, 0.2) is 0 Å². The first-order chi connectivity index (χ1) is 22.8. The summed E-state index contributed by atoms with van der Waals surface area (Å²) in [6, 6.07) is 46.2. The van der Waals surface area contributed by atoms with Crippen LogP contribution in [0.2, 0.25) is 0 Å². The Morgan fingerprint density at radius 3 is 1.00 bits per heavy atom. The van der Waals surface area contributed by atoms with Crippen LogP contribution in [0, 0.1) is 0 Å². The molecule has 2 saturated heterocycles. The fraction of sp³-hybridized carbons (Fsp3) is 0.227. The highest BCUT2D eigenvalue weighted by Gasteiger charge is 2.22. The molecular formula is C44H40N2. The molecule has 0 unspecified atom stereocenters. The van der Waals surface area contributed by atoms with Gasteiger partial charge in [-0.3, -0.25) is 0 Å². The van der Waals surface area contributed by atoms with E-state index >= 15 is 0 Å². The molecule has 0 atom stereocenters. The highest BCUT2D eigenvalue weighted by atomic mass is 15.1. The summed E-state index contributed by atoms with van der Waals surface area (Å²) in [4.78, 5) is 5.12. The Morgan fingerprint density at radius 2 is 0.630 bits per heavy atom. The summed E-state index contributed by atoms with van der Waals surface area (Å²) in [7, 11) is 0. The number of anilines is 2. The lowest BCUT2D eigenvalue weighted by Gasteiger charge is -2.29. The quantitative estimate of drug-likeness (QED) is 0.147. The summed E-state index contributed by atoms with van der Waals surface area (Å²) >= 11 is 0. The van der Waals surface area contributed by atoms with Crippen LogP contribution in [0.15, 0.2) is 121 Å². The predicted octanol–water partition coefficient (Wildman–Crippen LogP) is 11.6. The maximum Gasteiger partial charge on any atom is 0.0366 e. The predicted molar refractivity (Wildman–Crippen MR) is 199 cm³/mol. The second-order valence-corrected chi connectivity index (χ2v) is 13.3. The molecule has 0 aromatic heterocycles. The van der Waals surface area contributed by atoms with Gasteiger partial charge in [-0.05, 0) is 128 Å². The average Bonchev–Trinajstić information content (AvgIpc) is 3.15. The van der Waals surface area contributed by atoms with E-state index in [0.29, 0.717) is 0 Å². The Bertz CT molecular complexity index is 2040. The van der Waals surface area contributed by atoms with Crippen LogP contribution in [0.25, 0.3) is 65.3 Å². The molecule has 46 heavy (non-hydrogen) atoms. The number of nitrogens with zero attached hydrogens (tertiary/aromatic N) is 2. The van der Waals surface area contributed by atoms with Crippen LogP contribution in [0.4, 0.5) is 11.4 Å². The fourth-order valence-electron chi connectivity index (χ4n) is 8.43. The van der Waals surface area contributed by atoms with Gasteiger partial charge < -0.3 is 9.80 Å². The zero-order valence-electron chi connectivity index (χ0n) is 26.5. The third-order valence-corrected chi connectivity index (χ3v) is 10.7. The third-order valence-electron chi connectivity index (χ3n) is 10.7. The van der Waals surface area contributed by atoms with Gasteiger partial charge in [-0.1, -0.05) is 97.1 Å². The highest BCUT2D eigenvalue weighted by Crippen LogP contribution is 2.49. The fourth-order valence-corrected chi connectivity index (χ4v) is 8.43. The number of rotatable bonds is 4.